The molecule has 0 spiro atoms. The number of hydrogen-bond acceptors (Lipinski definition) is 5. The van der Waals surface area contributed by atoms with Crippen LogP contribution >= 0.6 is 0 Å². The van der Waals surface area contributed by atoms with Crippen molar-refractivity contribution in [2.45, 2.75) is 13.3 Å². The smallest absolute Gasteiger partial charge is 0.230 e. The van der Waals surface area contributed by atoms with E-state index < -0.39 is 0 Å². The molecule has 1 aliphatic heterocycles. The van der Waals surface area contributed by atoms with Crippen molar-refractivity contribution < 1.29 is 19.1 Å². The van der Waals surface area contributed by atoms with Gasteiger partial charge in [-0.05, 0) is 35.9 Å². The summed E-state index contributed by atoms with van der Waals surface area (Å²) in [6, 6.07) is 10.9. The van der Waals surface area contributed by atoms with Crippen LogP contribution in [0, 0.1) is 0 Å². The Kier molecular flexibility index (Phi) is 4.60. The number of anilines is 2. The van der Waals surface area contributed by atoms with E-state index >= 15 is 0 Å². The lowest BCUT2D eigenvalue weighted by Crippen LogP contribution is -2.22. The highest BCUT2D eigenvalue weighted by Gasteiger charge is 2.15. The largest absolute Gasteiger partial charge is 0.486 e. The lowest BCUT2D eigenvalue weighted by Gasteiger charge is -2.18. The molecule has 2 N–H and O–H groups in total. The predicted molar refractivity (Wildman–Crippen MR) is 105 cm³/mol. The summed E-state index contributed by atoms with van der Waals surface area (Å²) < 4.78 is 11.1. The highest BCUT2D eigenvalue weighted by atomic mass is 16.6. The second kappa shape index (κ2) is 7.22. The molecule has 0 fully saturated rings. The third-order valence-electron chi connectivity index (χ3n) is 4.64. The Morgan fingerprint density at radius 3 is 2.71 bits per heavy atom. The van der Waals surface area contributed by atoms with Crippen molar-refractivity contribution in [2.75, 3.05) is 30.5 Å². The minimum atomic E-state index is -0.199. The predicted octanol–water partition coefficient (Wildman–Crippen LogP) is 2.50. The maximum atomic E-state index is 12.5. The van der Waals surface area contributed by atoms with Crippen molar-refractivity contribution in [3.63, 3.8) is 0 Å². The van der Waals surface area contributed by atoms with Crippen molar-refractivity contribution in [2.24, 2.45) is 0 Å². The van der Waals surface area contributed by atoms with Crippen molar-refractivity contribution in [1.82, 2.24) is 10.2 Å². The summed E-state index contributed by atoms with van der Waals surface area (Å²) >= 11 is 0. The van der Waals surface area contributed by atoms with E-state index in [1.807, 2.05) is 36.4 Å². The van der Waals surface area contributed by atoms with Gasteiger partial charge in [-0.3, -0.25) is 14.7 Å². The number of amides is 2. The lowest BCUT2D eigenvalue weighted by molar-refractivity contribution is -0.116. The van der Waals surface area contributed by atoms with Crippen LogP contribution in [0.3, 0.4) is 0 Å². The molecule has 2 aromatic carbocycles. The summed E-state index contributed by atoms with van der Waals surface area (Å²) in [5.41, 5.74) is 2.32. The molecule has 8 nitrogen and oxygen atoms in total. The second-order valence-electron chi connectivity index (χ2n) is 6.58. The third-order valence-corrected chi connectivity index (χ3v) is 4.64. The van der Waals surface area contributed by atoms with Crippen LogP contribution in [0.1, 0.15) is 12.5 Å². The number of carbonyl (C=O) groups excluding carboxylic acids is 2. The van der Waals surface area contributed by atoms with Crippen molar-refractivity contribution in [3.8, 4) is 11.5 Å². The number of rotatable bonds is 4. The van der Waals surface area contributed by atoms with Gasteiger partial charge in [0.15, 0.2) is 17.3 Å². The molecule has 0 aliphatic carbocycles. The van der Waals surface area contributed by atoms with E-state index in [1.165, 1.54) is 11.8 Å². The summed E-state index contributed by atoms with van der Waals surface area (Å²) in [5.74, 6) is 1.49. The number of fused-ring (bicyclic) bond motifs is 2. The number of carbonyl (C=O) groups is 2. The van der Waals surface area contributed by atoms with Crippen molar-refractivity contribution in [3.05, 3.63) is 42.0 Å². The van der Waals surface area contributed by atoms with Crippen LogP contribution in [0.15, 0.2) is 36.4 Å². The Bertz CT molecular complexity index is 1060. The Morgan fingerprint density at radius 2 is 1.93 bits per heavy atom. The van der Waals surface area contributed by atoms with Crippen LogP contribution in [0.25, 0.3) is 10.9 Å². The van der Waals surface area contributed by atoms with Crippen LogP contribution in [-0.4, -0.2) is 42.3 Å². The maximum Gasteiger partial charge on any atom is 0.230 e. The number of nitrogens with one attached hydrogen (secondary N) is 2. The molecule has 2 amide bonds. The van der Waals surface area contributed by atoms with E-state index in [9.17, 15) is 9.59 Å². The molecule has 3 aromatic rings. The molecule has 8 heteroatoms. The number of hydrogen-bond donors (Lipinski definition) is 2. The zero-order valence-electron chi connectivity index (χ0n) is 15.6. The molecule has 0 atom stereocenters. The van der Waals surface area contributed by atoms with E-state index in [0.29, 0.717) is 30.5 Å². The van der Waals surface area contributed by atoms with Gasteiger partial charge in [0, 0.05) is 25.0 Å². The fourth-order valence-electron chi connectivity index (χ4n) is 3.05. The monoisotopic (exact) mass is 380 g/mol. The molecule has 0 radical (unpaired) electrons. The van der Waals surface area contributed by atoms with Gasteiger partial charge in [0.1, 0.15) is 13.2 Å². The molecule has 28 heavy (non-hydrogen) atoms. The minimum Gasteiger partial charge on any atom is -0.486 e. The minimum absolute atomic E-state index is 0.0768. The molecule has 1 aliphatic rings. The molecular weight excluding hydrogens is 360 g/mol. The molecule has 0 saturated carbocycles. The van der Waals surface area contributed by atoms with Crippen LogP contribution in [0.4, 0.5) is 11.5 Å². The molecule has 2 heterocycles. The third kappa shape index (κ3) is 3.48. The van der Waals surface area contributed by atoms with Gasteiger partial charge in [-0.2, -0.15) is 5.10 Å². The first kappa shape index (κ1) is 17.8. The summed E-state index contributed by atoms with van der Waals surface area (Å²) in [6.45, 7) is 2.52. The highest BCUT2D eigenvalue weighted by molar-refractivity contribution is 6.02. The Labute approximate surface area is 161 Å². The van der Waals surface area contributed by atoms with Crippen LogP contribution in [-0.2, 0) is 16.0 Å². The molecule has 0 unspecified atom stereocenters. The number of ether oxygens (including phenoxy) is 2. The Hall–Kier alpha value is -3.55. The molecule has 144 valence electrons. The van der Waals surface area contributed by atoms with Gasteiger partial charge in [0.25, 0.3) is 0 Å². The molecule has 1 aromatic heterocycles. The lowest BCUT2D eigenvalue weighted by atomic mass is 10.1. The zero-order chi connectivity index (χ0) is 19.7. The molecule has 4 rings (SSSR count). The second-order valence-corrected chi connectivity index (χ2v) is 6.58. The molecule has 0 bridgehead atoms. The van der Waals surface area contributed by atoms with Crippen LogP contribution < -0.4 is 19.7 Å². The topological polar surface area (TPSA) is 96.6 Å². The van der Waals surface area contributed by atoms with E-state index in [0.717, 1.165) is 22.2 Å². The SMILES string of the molecule is CC(=O)N(C)c1ccc2[nH]nc(NC(=O)Cc3ccc4c(c3)OCCO4)c2c1. The van der Waals surface area contributed by atoms with E-state index in [4.69, 9.17) is 9.47 Å². The average Bonchev–Trinajstić information content (AvgIpc) is 3.09. The summed E-state index contributed by atoms with van der Waals surface area (Å²) in [5, 5.41) is 10.6. The van der Waals surface area contributed by atoms with Gasteiger partial charge in [-0.15, -0.1) is 0 Å². The number of nitrogens with zero attached hydrogens (tertiary/aromatic N) is 2. The van der Waals surface area contributed by atoms with Gasteiger partial charge < -0.3 is 19.7 Å². The number of aromatic amines is 1. The van der Waals surface area contributed by atoms with E-state index in [2.05, 4.69) is 15.5 Å². The Morgan fingerprint density at radius 1 is 1.14 bits per heavy atom. The van der Waals surface area contributed by atoms with E-state index in [1.54, 1.807) is 7.05 Å². The quantitative estimate of drug-likeness (QED) is 0.725. The number of benzene rings is 2. The summed E-state index contributed by atoms with van der Waals surface area (Å²) in [7, 11) is 1.70. The molecule has 0 saturated heterocycles. The standard InChI is InChI=1S/C20H20N4O4/c1-12(25)24(2)14-4-5-16-15(11-14)20(23-22-16)21-19(26)10-13-3-6-17-18(9-13)28-8-7-27-17/h3-6,9,11H,7-8,10H2,1-2H3,(H2,21,22,23,26). The highest BCUT2D eigenvalue weighted by Crippen LogP contribution is 2.31. The van der Waals surface area contributed by atoms with Gasteiger partial charge in [-0.1, -0.05) is 6.07 Å². The van der Waals surface area contributed by atoms with Gasteiger partial charge in [-0.25, -0.2) is 0 Å². The van der Waals surface area contributed by atoms with E-state index in [-0.39, 0.29) is 18.2 Å². The average molecular weight is 380 g/mol. The fourth-order valence-corrected chi connectivity index (χ4v) is 3.05. The van der Waals surface area contributed by atoms with Crippen molar-refractivity contribution >= 4 is 34.2 Å². The first-order valence-electron chi connectivity index (χ1n) is 8.92. The van der Waals surface area contributed by atoms with Gasteiger partial charge >= 0.3 is 0 Å². The molecular formula is C20H20N4O4. The van der Waals surface area contributed by atoms with Gasteiger partial charge in [0.05, 0.1) is 11.9 Å². The van der Waals surface area contributed by atoms with Gasteiger partial charge in [0.2, 0.25) is 11.8 Å². The summed E-state index contributed by atoms with van der Waals surface area (Å²) in [4.78, 5) is 25.7. The normalized spacial score (nSPS) is 12.6. The Balaban J connectivity index is 1.52. The maximum absolute atomic E-state index is 12.5. The zero-order valence-corrected chi connectivity index (χ0v) is 15.6. The number of H-pyrrole nitrogens is 1. The first-order valence-corrected chi connectivity index (χ1v) is 8.92. The van der Waals surface area contributed by atoms with Crippen LogP contribution in [0.5, 0.6) is 11.5 Å². The summed E-state index contributed by atoms with van der Waals surface area (Å²) in [6.07, 6.45) is 0.179. The fraction of sp³-hybridized carbons (Fsp3) is 0.250. The first-order chi connectivity index (χ1) is 13.5. The van der Waals surface area contributed by atoms with Crippen LogP contribution in [0.2, 0.25) is 0 Å². The number of aromatic nitrogens is 2. The van der Waals surface area contributed by atoms with Crippen molar-refractivity contribution in [1.29, 1.82) is 0 Å².